The molecule has 0 fully saturated rings. The SMILES string of the molecule is CC.CC.CC.CC.OC1c2ccccc2C=C(Br)c2cccnc21. The first-order chi connectivity index (χ1) is 12.3. The zero-order chi connectivity index (χ0) is 19.8. The van der Waals surface area contributed by atoms with Gasteiger partial charge in [0.05, 0.1) is 5.69 Å². The lowest BCUT2D eigenvalue weighted by molar-refractivity contribution is 0.215. The first-order valence-corrected chi connectivity index (χ1v) is 10.2. The quantitative estimate of drug-likeness (QED) is 0.490. The van der Waals surface area contributed by atoms with E-state index in [1.807, 2.05) is 97.9 Å². The fourth-order valence-corrected chi connectivity index (χ4v) is 2.67. The number of fused-ring (bicyclic) bond motifs is 2. The summed E-state index contributed by atoms with van der Waals surface area (Å²) >= 11 is 3.54. The molecular formula is C22H34BrNO. The Kier molecular flexibility index (Phi) is 16.5. The Morgan fingerprint density at radius 3 is 2.00 bits per heavy atom. The molecule has 0 saturated carbocycles. The van der Waals surface area contributed by atoms with E-state index in [0.717, 1.165) is 21.2 Å². The van der Waals surface area contributed by atoms with Gasteiger partial charge in [-0.15, -0.1) is 0 Å². The Hall–Kier alpha value is -1.45. The molecule has 0 bridgehead atoms. The Morgan fingerprint density at radius 1 is 0.840 bits per heavy atom. The van der Waals surface area contributed by atoms with Crippen molar-refractivity contribution in [3.63, 3.8) is 0 Å². The number of halogens is 1. The van der Waals surface area contributed by atoms with Crippen LogP contribution in [0.4, 0.5) is 0 Å². The van der Waals surface area contributed by atoms with Gasteiger partial charge >= 0.3 is 0 Å². The molecule has 1 aliphatic rings. The van der Waals surface area contributed by atoms with Gasteiger partial charge in [0, 0.05) is 16.2 Å². The van der Waals surface area contributed by atoms with Crippen LogP contribution in [0.25, 0.3) is 10.6 Å². The van der Waals surface area contributed by atoms with E-state index in [2.05, 4.69) is 20.9 Å². The summed E-state index contributed by atoms with van der Waals surface area (Å²) in [7, 11) is 0. The molecule has 2 aromatic rings. The molecule has 1 aliphatic carbocycles. The zero-order valence-corrected chi connectivity index (χ0v) is 18.6. The fraction of sp³-hybridized carbons (Fsp3) is 0.409. The summed E-state index contributed by atoms with van der Waals surface area (Å²) in [6.45, 7) is 16.0. The highest BCUT2D eigenvalue weighted by Gasteiger charge is 2.22. The van der Waals surface area contributed by atoms with Crippen molar-refractivity contribution in [2.75, 3.05) is 0 Å². The van der Waals surface area contributed by atoms with Crippen molar-refractivity contribution >= 4 is 26.5 Å². The van der Waals surface area contributed by atoms with Gasteiger partial charge in [-0.2, -0.15) is 0 Å². The second kappa shape index (κ2) is 16.0. The molecular weight excluding hydrogens is 374 g/mol. The third-order valence-electron chi connectivity index (χ3n) is 2.93. The van der Waals surface area contributed by atoms with Gasteiger partial charge in [-0.1, -0.05) is 102 Å². The van der Waals surface area contributed by atoms with E-state index >= 15 is 0 Å². The van der Waals surface area contributed by atoms with Gasteiger partial charge in [0.2, 0.25) is 0 Å². The Bertz CT molecular complexity index is 608. The van der Waals surface area contributed by atoms with Gasteiger partial charge in [0.25, 0.3) is 0 Å². The Labute approximate surface area is 163 Å². The van der Waals surface area contributed by atoms with Crippen LogP contribution in [0.5, 0.6) is 0 Å². The van der Waals surface area contributed by atoms with E-state index in [-0.39, 0.29) is 0 Å². The first-order valence-electron chi connectivity index (χ1n) is 9.37. The summed E-state index contributed by atoms with van der Waals surface area (Å²) in [6, 6.07) is 11.6. The summed E-state index contributed by atoms with van der Waals surface area (Å²) in [4.78, 5) is 4.29. The monoisotopic (exact) mass is 407 g/mol. The highest BCUT2D eigenvalue weighted by atomic mass is 79.9. The maximum Gasteiger partial charge on any atom is 0.122 e. The third-order valence-corrected chi connectivity index (χ3v) is 3.58. The summed E-state index contributed by atoms with van der Waals surface area (Å²) in [5, 5.41) is 10.4. The van der Waals surface area contributed by atoms with Gasteiger partial charge < -0.3 is 5.11 Å². The number of hydrogen-bond donors (Lipinski definition) is 1. The molecule has 0 spiro atoms. The van der Waals surface area contributed by atoms with Gasteiger partial charge in [-0.25, -0.2) is 0 Å². The van der Waals surface area contributed by atoms with Crippen molar-refractivity contribution in [2.45, 2.75) is 61.5 Å². The molecule has 25 heavy (non-hydrogen) atoms. The predicted octanol–water partition coefficient (Wildman–Crippen LogP) is 7.47. The summed E-state index contributed by atoms with van der Waals surface area (Å²) in [5.74, 6) is 0. The molecule has 1 aromatic heterocycles. The molecule has 1 atom stereocenters. The van der Waals surface area contributed by atoms with Gasteiger partial charge in [0.15, 0.2) is 0 Å². The van der Waals surface area contributed by atoms with Crippen LogP contribution in [-0.4, -0.2) is 10.1 Å². The number of benzene rings is 1. The van der Waals surface area contributed by atoms with Gasteiger partial charge in [0.1, 0.15) is 6.10 Å². The van der Waals surface area contributed by atoms with Crippen molar-refractivity contribution in [3.8, 4) is 0 Å². The molecule has 0 amide bonds. The molecule has 3 heteroatoms. The van der Waals surface area contributed by atoms with E-state index < -0.39 is 6.10 Å². The normalized spacial score (nSPS) is 13.0. The second-order valence-electron chi connectivity index (χ2n) is 3.96. The largest absolute Gasteiger partial charge is 0.382 e. The van der Waals surface area contributed by atoms with Crippen LogP contribution in [-0.2, 0) is 0 Å². The topological polar surface area (TPSA) is 33.1 Å². The van der Waals surface area contributed by atoms with Crippen molar-refractivity contribution in [3.05, 3.63) is 65.0 Å². The standard InChI is InChI=1S/C14H10BrNO.4C2H6/c15-12-8-9-4-1-2-5-10(9)14(17)13-11(12)6-3-7-16-13;4*1-2/h1-8,14,17H;4*1-2H3. The van der Waals surface area contributed by atoms with E-state index in [1.54, 1.807) is 6.20 Å². The number of aromatic nitrogens is 1. The lowest BCUT2D eigenvalue weighted by Crippen LogP contribution is -2.04. The number of pyridine rings is 1. The fourth-order valence-electron chi connectivity index (χ4n) is 2.09. The molecule has 0 saturated heterocycles. The van der Waals surface area contributed by atoms with Gasteiger partial charge in [-0.3, -0.25) is 4.98 Å². The second-order valence-corrected chi connectivity index (χ2v) is 4.81. The van der Waals surface area contributed by atoms with Crippen LogP contribution in [0.15, 0.2) is 42.6 Å². The van der Waals surface area contributed by atoms with E-state index in [0.29, 0.717) is 5.69 Å². The average Bonchev–Trinajstić information content (AvgIpc) is 2.83. The predicted molar refractivity (Wildman–Crippen MR) is 117 cm³/mol. The number of aliphatic hydroxyl groups is 1. The van der Waals surface area contributed by atoms with Crippen LogP contribution in [0.1, 0.15) is 83.9 Å². The molecule has 0 aliphatic heterocycles. The number of hydrogen-bond acceptors (Lipinski definition) is 2. The van der Waals surface area contributed by atoms with Crippen LogP contribution >= 0.6 is 15.9 Å². The van der Waals surface area contributed by atoms with Crippen molar-refractivity contribution in [2.24, 2.45) is 0 Å². The zero-order valence-electron chi connectivity index (χ0n) is 17.0. The molecule has 1 N–H and O–H groups in total. The average molecular weight is 408 g/mol. The molecule has 1 aromatic carbocycles. The maximum atomic E-state index is 10.4. The van der Waals surface area contributed by atoms with Crippen molar-refractivity contribution in [1.29, 1.82) is 0 Å². The molecule has 1 unspecified atom stereocenters. The van der Waals surface area contributed by atoms with Crippen LogP contribution < -0.4 is 0 Å². The third kappa shape index (κ3) is 7.13. The van der Waals surface area contributed by atoms with Crippen molar-refractivity contribution in [1.82, 2.24) is 4.98 Å². The van der Waals surface area contributed by atoms with E-state index in [4.69, 9.17) is 0 Å². The van der Waals surface area contributed by atoms with E-state index in [9.17, 15) is 5.11 Å². The summed E-state index contributed by atoms with van der Waals surface area (Å²) in [5.41, 5.74) is 3.54. The smallest absolute Gasteiger partial charge is 0.122 e. The molecule has 2 nitrogen and oxygen atoms in total. The van der Waals surface area contributed by atoms with Crippen LogP contribution in [0.3, 0.4) is 0 Å². The highest BCUT2D eigenvalue weighted by Crippen LogP contribution is 2.37. The highest BCUT2D eigenvalue weighted by molar-refractivity contribution is 9.15. The molecule has 0 radical (unpaired) electrons. The lowest BCUT2D eigenvalue weighted by Gasteiger charge is -2.12. The van der Waals surface area contributed by atoms with Crippen LogP contribution in [0, 0.1) is 0 Å². The summed E-state index contributed by atoms with van der Waals surface area (Å²) < 4.78 is 0.949. The number of aliphatic hydroxyl groups excluding tert-OH is 1. The van der Waals surface area contributed by atoms with Gasteiger partial charge in [-0.05, 0) is 23.3 Å². The maximum absolute atomic E-state index is 10.4. The Balaban J connectivity index is 0. The minimum Gasteiger partial charge on any atom is -0.382 e. The molecule has 3 rings (SSSR count). The Morgan fingerprint density at radius 2 is 1.40 bits per heavy atom. The molecule has 140 valence electrons. The van der Waals surface area contributed by atoms with E-state index in [1.165, 1.54) is 0 Å². The first kappa shape index (κ1) is 25.8. The molecule has 1 heterocycles. The van der Waals surface area contributed by atoms with Crippen molar-refractivity contribution < 1.29 is 5.11 Å². The summed E-state index contributed by atoms with van der Waals surface area (Å²) in [6.07, 6.45) is 3.05. The lowest BCUT2D eigenvalue weighted by atomic mass is 10.0. The minimum absolute atomic E-state index is 0.673. The number of rotatable bonds is 0. The minimum atomic E-state index is -0.673. The number of nitrogens with zero attached hydrogens (tertiary/aromatic N) is 1. The van der Waals surface area contributed by atoms with Crippen LogP contribution in [0.2, 0.25) is 0 Å².